The lowest BCUT2D eigenvalue weighted by molar-refractivity contribution is 0.909. The van der Waals surface area contributed by atoms with Gasteiger partial charge in [0.05, 0.1) is 0 Å². The van der Waals surface area contributed by atoms with Crippen LogP contribution in [0.4, 0.5) is 11.4 Å². The van der Waals surface area contributed by atoms with Gasteiger partial charge in [-0.3, -0.25) is 0 Å². The zero-order valence-electron chi connectivity index (χ0n) is 14.8. The summed E-state index contributed by atoms with van der Waals surface area (Å²) in [7, 11) is 0. The van der Waals surface area contributed by atoms with E-state index in [9.17, 15) is 0 Å². The van der Waals surface area contributed by atoms with Gasteiger partial charge in [0.1, 0.15) is 0 Å². The number of benzene rings is 3. The largest absolute Gasteiger partial charge is 0.341 e. The number of anilines is 2. The first-order valence-electron chi connectivity index (χ1n) is 8.59. The molecule has 0 unspecified atom stereocenters. The Bertz CT molecular complexity index is 788. The van der Waals surface area contributed by atoms with Gasteiger partial charge in [-0.25, -0.2) is 0 Å². The summed E-state index contributed by atoms with van der Waals surface area (Å²) in [6, 6.07) is 26.2. The lowest BCUT2D eigenvalue weighted by Gasteiger charge is -2.27. The summed E-state index contributed by atoms with van der Waals surface area (Å²) in [5.74, 6) is 0. The van der Waals surface area contributed by atoms with Crippen molar-refractivity contribution >= 4 is 11.4 Å². The average Bonchev–Trinajstić information content (AvgIpc) is 2.59. The van der Waals surface area contributed by atoms with E-state index >= 15 is 0 Å². The van der Waals surface area contributed by atoms with Crippen molar-refractivity contribution in [2.24, 2.45) is 0 Å². The van der Waals surface area contributed by atoms with Crippen LogP contribution < -0.4 is 4.90 Å². The molecule has 0 bridgehead atoms. The van der Waals surface area contributed by atoms with Crippen molar-refractivity contribution in [2.45, 2.75) is 27.2 Å². The van der Waals surface area contributed by atoms with Crippen molar-refractivity contribution in [1.29, 1.82) is 0 Å². The zero-order chi connectivity index (χ0) is 16.9. The lowest BCUT2D eigenvalue weighted by Crippen LogP contribution is -2.21. The second-order valence-electron chi connectivity index (χ2n) is 6.51. The average molecular weight is 315 g/mol. The first kappa shape index (κ1) is 16.3. The molecule has 0 radical (unpaired) electrons. The van der Waals surface area contributed by atoms with Crippen LogP contribution in [0, 0.1) is 20.8 Å². The Kier molecular flexibility index (Phi) is 5.00. The second-order valence-corrected chi connectivity index (χ2v) is 6.51. The molecule has 3 rings (SSSR count). The van der Waals surface area contributed by atoms with Crippen LogP contribution in [0.3, 0.4) is 0 Å². The molecule has 0 spiro atoms. The Labute approximate surface area is 145 Å². The molecule has 0 aromatic heterocycles. The number of hydrogen-bond acceptors (Lipinski definition) is 1. The predicted molar refractivity (Wildman–Crippen MR) is 104 cm³/mol. The molecule has 1 heteroatoms. The van der Waals surface area contributed by atoms with Crippen molar-refractivity contribution in [3.63, 3.8) is 0 Å². The van der Waals surface area contributed by atoms with Crippen LogP contribution >= 0.6 is 0 Å². The van der Waals surface area contributed by atoms with Gasteiger partial charge in [-0.15, -0.1) is 0 Å². The quantitative estimate of drug-likeness (QED) is 0.558. The van der Waals surface area contributed by atoms with E-state index in [2.05, 4.69) is 98.5 Å². The van der Waals surface area contributed by atoms with Gasteiger partial charge in [-0.05, 0) is 56.5 Å². The van der Waals surface area contributed by atoms with E-state index in [1.165, 1.54) is 33.6 Å². The maximum atomic E-state index is 2.43. The van der Waals surface area contributed by atoms with Gasteiger partial charge in [-0.2, -0.15) is 0 Å². The normalized spacial score (nSPS) is 10.6. The molecule has 3 aromatic carbocycles. The lowest BCUT2D eigenvalue weighted by atomic mass is 10.1. The van der Waals surface area contributed by atoms with Crippen molar-refractivity contribution in [3.05, 3.63) is 95.1 Å². The van der Waals surface area contributed by atoms with Gasteiger partial charge in [0, 0.05) is 17.9 Å². The molecule has 0 heterocycles. The Morgan fingerprint density at radius 1 is 0.708 bits per heavy atom. The van der Waals surface area contributed by atoms with E-state index < -0.39 is 0 Å². The molecule has 1 nitrogen and oxygen atoms in total. The van der Waals surface area contributed by atoms with Crippen LogP contribution in [0.15, 0.2) is 72.8 Å². The summed E-state index contributed by atoms with van der Waals surface area (Å²) in [6.07, 6.45) is 1.03. The van der Waals surface area contributed by atoms with Gasteiger partial charge in [-0.1, -0.05) is 65.7 Å². The van der Waals surface area contributed by atoms with Crippen molar-refractivity contribution < 1.29 is 0 Å². The number of aryl methyl sites for hydroxylation is 3. The predicted octanol–water partition coefficient (Wildman–Crippen LogP) is 5.99. The number of rotatable bonds is 5. The molecule has 0 fully saturated rings. The molecule has 0 N–H and O–H groups in total. The summed E-state index contributed by atoms with van der Waals surface area (Å²) < 4.78 is 0. The van der Waals surface area contributed by atoms with Gasteiger partial charge >= 0.3 is 0 Å². The van der Waals surface area contributed by atoms with Crippen LogP contribution in [0.2, 0.25) is 0 Å². The van der Waals surface area contributed by atoms with Gasteiger partial charge in [0.2, 0.25) is 0 Å². The third kappa shape index (κ3) is 3.86. The molecule has 0 aliphatic rings. The molecule has 0 amide bonds. The molecule has 3 aromatic rings. The fraction of sp³-hybridized carbons (Fsp3) is 0.217. The smallest absolute Gasteiger partial charge is 0.0440 e. The van der Waals surface area contributed by atoms with Crippen LogP contribution in [0.5, 0.6) is 0 Å². The number of nitrogens with zero attached hydrogens (tertiary/aromatic N) is 1. The minimum atomic E-state index is 0.969. The maximum Gasteiger partial charge on any atom is 0.0440 e. The van der Waals surface area contributed by atoms with Crippen LogP contribution in [0.1, 0.15) is 22.3 Å². The fourth-order valence-electron chi connectivity index (χ4n) is 3.11. The molecule has 0 aliphatic carbocycles. The van der Waals surface area contributed by atoms with Crippen LogP contribution in [-0.2, 0) is 6.42 Å². The van der Waals surface area contributed by atoms with E-state index in [0.717, 1.165) is 13.0 Å². The monoisotopic (exact) mass is 315 g/mol. The summed E-state index contributed by atoms with van der Waals surface area (Å²) in [4.78, 5) is 2.43. The van der Waals surface area contributed by atoms with Crippen molar-refractivity contribution in [2.75, 3.05) is 11.4 Å². The summed E-state index contributed by atoms with van der Waals surface area (Å²) >= 11 is 0. The Hall–Kier alpha value is -2.54. The van der Waals surface area contributed by atoms with E-state index in [0.29, 0.717) is 0 Å². The Balaban J connectivity index is 1.92. The van der Waals surface area contributed by atoms with Gasteiger partial charge in [0.25, 0.3) is 0 Å². The minimum absolute atomic E-state index is 0.969. The number of hydrogen-bond donors (Lipinski definition) is 0. The molecular formula is C23H25N. The van der Waals surface area contributed by atoms with E-state index in [-0.39, 0.29) is 0 Å². The highest BCUT2D eigenvalue weighted by Crippen LogP contribution is 2.29. The van der Waals surface area contributed by atoms with Crippen LogP contribution in [0.25, 0.3) is 0 Å². The van der Waals surface area contributed by atoms with Crippen molar-refractivity contribution in [3.8, 4) is 0 Å². The van der Waals surface area contributed by atoms with E-state index in [1.54, 1.807) is 0 Å². The van der Waals surface area contributed by atoms with Crippen molar-refractivity contribution in [1.82, 2.24) is 0 Å². The second kappa shape index (κ2) is 7.35. The first-order valence-corrected chi connectivity index (χ1v) is 8.59. The Morgan fingerprint density at radius 2 is 1.38 bits per heavy atom. The Morgan fingerprint density at radius 3 is 2.04 bits per heavy atom. The van der Waals surface area contributed by atoms with Crippen LogP contribution in [-0.4, -0.2) is 6.54 Å². The SMILES string of the molecule is Cc1ccc(N(CCc2ccccc2)c2ccc(C)cc2C)cc1. The van der Waals surface area contributed by atoms with E-state index in [1.807, 2.05) is 0 Å². The highest BCUT2D eigenvalue weighted by Gasteiger charge is 2.12. The minimum Gasteiger partial charge on any atom is -0.341 e. The fourth-order valence-corrected chi connectivity index (χ4v) is 3.11. The third-order valence-corrected chi connectivity index (χ3v) is 4.46. The highest BCUT2D eigenvalue weighted by molar-refractivity contribution is 5.67. The van der Waals surface area contributed by atoms with E-state index in [4.69, 9.17) is 0 Å². The van der Waals surface area contributed by atoms with Gasteiger partial charge in [0.15, 0.2) is 0 Å². The first-order chi connectivity index (χ1) is 11.6. The molecule has 0 aliphatic heterocycles. The topological polar surface area (TPSA) is 3.24 Å². The standard InChI is InChI=1S/C23H25N/c1-18-9-12-22(13-10-18)24(16-15-21-7-5-4-6-8-21)23-14-11-19(2)17-20(23)3/h4-14,17H,15-16H2,1-3H3. The molecule has 0 atom stereocenters. The van der Waals surface area contributed by atoms with Gasteiger partial charge < -0.3 is 4.90 Å². The summed E-state index contributed by atoms with van der Waals surface area (Å²) in [6.45, 7) is 7.45. The summed E-state index contributed by atoms with van der Waals surface area (Å²) in [5, 5.41) is 0. The zero-order valence-corrected chi connectivity index (χ0v) is 14.8. The molecule has 122 valence electrons. The molecule has 0 saturated carbocycles. The highest BCUT2D eigenvalue weighted by atomic mass is 15.1. The summed E-state index contributed by atoms with van der Waals surface area (Å²) in [5.41, 5.74) is 7.84. The molecular weight excluding hydrogens is 290 g/mol. The third-order valence-electron chi connectivity index (χ3n) is 4.46. The molecule has 0 saturated heterocycles. The maximum absolute atomic E-state index is 2.43. The molecule has 24 heavy (non-hydrogen) atoms.